The number of Topliss-reactive ketones (excluding diaryl/α,β-unsaturated/α-hetero) is 1. The molecule has 0 amide bonds. The molecule has 0 aliphatic carbocycles. The summed E-state index contributed by atoms with van der Waals surface area (Å²) in [4.78, 5) is 43.5. The number of carbonyl (C=O) groups excluding carboxylic acids is 2. The Hall–Kier alpha value is -2.72. The lowest BCUT2D eigenvalue weighted by atomic mass is 9.74. The molecule has 18 nitrogen and oxygen atoms in total. The lowest BCUT2D eigenvalue weighted by molar-refractivity contribution is -0.318. The van der Waals surface area contributed by atoms with Gasteiger partial charge in [-0.1, -0.05) is 27.7 Å². The summed E-state index contributed by atoms with van der Waals surface area (Å²) in [6.45, 7) is 16.3. The Morgan fingerprint density at radius 2 is 1.57 bits per heavy atom. The van der Waals surface area contributed by atoms with E-state index >= 15 is 0 Å². The molecule has 3 saturated heterocycles. The Morgan fingerprint density at radius 3 is 2.08 bits per heavy atom. The highest BCUT2D eigenvalue weighted by atomic mass is 16.7. The molecule has 18 heteroatoms. The molecule has 0 bridgehead atoms. The summed E-state index contributed by atoms with van der Waals surface area (Å²) in [5.74, 6) is -5.92. The summed E-state index contributed by atoms with van der Waals surface area (Å²) in [6, 6.07) is 2.76. The van der Waals surface area contributed by atoms with Crippen molar-refractivity contribution in [1.82, 2.24) is 9.88 Å². The maximum atomic E-state index is 14.1. The first kappa shape index (κ1) is 54.4. The maximum Gasteiger partial charge on any atom is 0.337 e. The molecule has 3 fully saturated rings. The number of hydrogen-bond donors (Lipinski definition) is 6. The van der Waals surface area contributed by atoms with Crippen LogP contribution in [0.3, 0.4) is 0 Å². The molecule has 0 spiro atoms. The Bertz CT molecular complexity index is 1550. The van der Waals surface area contributed by atoms with Crippen molar-refractivity contribution in [3.63, 3.8) is 0 Å². The third-order valence-corrected chi connectivity index (χ3v) is 12.7. The maximum absolute atomic E-state index is 14.1. The number of aliphatic hydroxyl groups excluding tert-OH is 3. The number of carboxylic acid groups (broad SMARTS) is 1. The van der Waals surface area contributed by atoms with Crippen LogP contribution in [0.2, 0.25) is 0 Å². The van der Waals surface area contributed by atoms with Crippen LogP contribution >= 0.6 is 0 Å². The number of ether oxygens (including phenoxy) is 6. The van der Waals surface area contributed by atoms with E-state index in [-0.39, 0.29) is 42.4 Å². The molecule has 1 aromatic rings. The van der Waals surface area contributed by atoms with Gasteiger partial charge in [0.25, 0.3) is 0 Å². The second-order valence-electron chi connectivity index (χ2n) is 18.0. The van der Waals surface area contributed by atoms with Crippen LogP contribution in [-0.4, -0.2) is 169 Å². The van der Waals surface area contributed by atoms with Crippen LogP contribution in [0.1, 0.15) is 105 Å². The van der Waals surface area contributed by atoms with Gasteiger partial charge in [-0.2, -0.15) is 0 Å². The Balaban J connectivity index is 0.00000113. The molecule has 0 radical (unpaired) electrons. The van der Waals surface area contributed by atoms with Gasteiger partial charge in [-0.3, -0.25) is 14.6 Å². The Kier molecular flexibility index (Phi) is 19.9. The number of ketones is 1. The summed E-state index contributed by atoms with van der Waals surface area (Å²) < 4.78 is 37.1. The van der Waals surface area contributed by atoms with E-state index in [1.807, 2.05) is 25.9 Å². The Morgan fingerprint density at radius 1 is 0.951 bits per heavy atom. The van der Waals surface area contributed by atoms with Crippen molar-refractivity contribution in [3.8, 4) is 0 Å². The highest BCUT2D eigenvalue weighted by Crippen LogP contribution is 2.40. The van der Waals surface area contributed by atoms with Gasteiger partial charge < -0.3 is 69.4 Å². The third-order valence-electron chi connectivity index (χ3n) is 12.7. The fourth-order valence-electron chi connectivity index (χ4n) is 8.90. The minimum atomic E-state index is -1.99. The fourth-order valence-corrected chi connectivity index (χ4v) is 8.90. The number of cyclic esters (lactones) is 1. The molecule has 0 unspecified atom stereocenters. The van der Waals surface area contributed by atoms with Crippen LogP contribution in [0.4, 0.5) is 0 Å². The van der Waals surface area contributed by atoms with Crippen molar-refractivity contribution in [1.29, 1.82) is 0 Å². The van der Waals surface area contributed by atoms with E-state index in [9.17, 15) is 39.9 Å². The van der Waals surface area contributed by atoms with E-state index < -0.39 is 114 Å². The van der Waals surface area contributed by atoms with Crippen LogP contribution < -0.4 is 0 Å². The molecule has 4 heterocycles. The van der Waals surface area contributed by atoms with E-state index in [2.05, 4.69) is 4.98 Å². The molecule has 3 aliphatic rings. The smallest absolute Gasteiger partial charge is 0.337 e. The number of aliphatic hydroxyl groups is 5. The van der Waals surface area contributed by atoms with Crippen molar-refractivity contribution in [2.24, 2.45) is 23.7 Å². The predicted molar refractivity (Wildman–Crippen MR) is 221 cm³/mol. The molecule has 3 aliphatic heterocycles. The van der Waals surface area contributed by atoms with E-state index in [4.69, 9.17) is 33.5 Å². The Labute approximate surface area is 360 Å². The van der Waals surface area contributed by atoms with E-state index in [1.165, 1.54) is 46.3 Å². The van der Waals surface area contributed by atoms with Gasteiger partial charge in [0.05, 0.1) is 53.2 Å². The standard InChI is InChI=1S/C37H67NO13.C6H5NO2.H2O/c1-14-25-37(10,45)30(41)20(4)27(39)18(2)16-35(8,44)32(51-34-28(40)24(38(11)12)15-19(3)47-34)21(5)29(22(6)33(43)49-25)50-26-17-36(9,46-13)31(42)23(7)48-26;8-6(9)5-2-1-3-7-4-5;/h18-26,28-32,34,40-42,44-45H,14-17H2,1-13H3;1-4H,(H,8,9);1H2/t18-,19-,20+,21-,22-,23+,24+,25-,26+,28-,29+,30+,31+,32-,34+,35-,36-,37-;;/m1../s1. The summed E-state index contributed by atoms with van der Waals surface area (Å²) >= 11 is 0. The molecule has 1 aromatic heterocycles. The number of likely N-dealkylation sites (N-methyl/N-ethyl adjacent to an activating group) is 1. The van der Waals surface area contributed by atoms with Crippen LogP contribution in [0.5, 0.6) is 0 Å². The number of aromatic carboxylic acids is 1. The lowest BCUT2D eigenvalue weighted by Crippen LogP contribution is -2.61. The first-order chi connectivity index (χ1) is 27.7. The van der Waals surface area contributed by atoms with Crippen molar-refractivity contribution in [2.75, 3.05) is 21.2 Å². The van der Waals surface area contributed by atoms with Gasteiger partial charge in [-0.15, -0.1) is 0 Å². The SMILES string of the molecule is CC[C@H]1OC(=O)[C@H](C)[C@@H](O[C@H]2C[C@@](C)(OC)[C@@H](O)[C@H](C)O2)[C@@H](C)[C@@H](O[C@@H]2O[C@H](C)C[C@H](N(C)C)[C@H]2O)[C@](C)(O)C[C@@H](C)C(=O)[C@H](C)[C@H](O)[C@]1(C)O.O.O=C(O)c1cccnc1. The van der Waals surface area contributed by atoms with Gasteiger partial charge in [-0.25, -0.2) is 4.79 Å². The van der Waals surface area contributed by atoms with Gasteiger partial charge >= 0.3 is 11.9 Å². The number of esters is 1. The number of rotatable bonds is 8. The highest BCUT2D eigenvalue weighted by molar-refractivity contribution is 5.87. The van der Waals surface area contributed by atoms with Gasteiger partial charge in [-0.05, 0) is 87.0 Å². The summed E-state index contributed by atoms with van der Waals surface area (Å²) in [5.41, 5.74) is -4.62. The summed E-state index contributed by atoms with van der Waals surface area (Å²) in [5, 5.41) is 66.0. The topological polar surface area (TPSA) is 276 Å². The van der Waals surface area contributed by atoms with Crippen molar-refractivity contribution >= 4 is 17.7 Å². The number of carbonyl (C=O) groups is 3. The zero-order valence-electron chi connectivity index (χ0n) is 38.1. The van der Waals surface area contributed by atoms with E-state index in [1.54, 1.807) is 47.6 Å². The third kappa shape index (κ3) is 12.9. The molecule has 8 N–H and O–H groups in total. The fraction of sp³-hybridized carbons (Fsp3) is 0.814. The highest BCUT2D eigenvalue weighted by Gasteiger charge is 2.53. The molecule has 0 aromatic carbocycles. The van der Waals surface area contributed by atoms with Gasteiger partial charge in [0.1, 0.15) is 29.7 Å². The molecule has 18 atom stereocenters. The molecular weight excluding hydrogens is 800 g/mol. The largest absolute Gasteiger partial charge is 0.478 e. The number of aromatic nitrogens is 1. The quantitative estimate of drug-likeness (QED) is 0.203. The van der Waals surface area contributed by atoms with Crippen molar-refractivity contribution in [3.05, 3.63) is 30.1 Å². The van der Waals surface area contributed by atoms with Crippen molar-refractivity contribution < 1.29 is 78.9 Å². The van der Waals surface area contributed by atoms with Gasteiger partial charge in [0, 0.05) is 49.7 Å². The van der Waals surface area contributed by atoms with E-state index in [0.29, 0.717) is 6.42 Å². The summed E-state index contributed by atoms with van der Waals surface area (Å²) in [7, 11) is 5.18. The molecular formula is C43H74N2O16. The first-order valence-electron chi connectivity index (χ1n) is 20.9. The number of hydrogen-bond acceptors (Lipinski definition) is 16. The van der Waals surface area contributed by atoms with Crippen molar-refractivity contribution in [2.45, 2.75) is 179 Å². The minimum Gasteiger partial charge on any atom is -0.478 e. The lowest BCUT2D eigenvalue weighted by Gasteiger charge is -2.49. The molecule has 4 rings (SSSR count). The number of nitrogens with zero attached hydrogens (tertiary/aromatic N) is 2. The monoisotopic (exact) mass is 875 g/mol. The number of pyridine rings is 1. The van der Waals surface area contributed by atoms with Crippen LogP contribution in [0, 0.1) is 23.7 Å². The zero-order chi connectivity index (χ0) is 45.7. The van der Waals surface area contributed by atoms with Crippen LogP contribution in [0.15, 0.2) is 24.5 Å². The first-order valence-corrected chi connectivity index (χ1v) is 20.9. The average Bonchev–Trinajstić information content (AvgIpc) is 3.19. The molecule has 61 heavy (non-hydrogen) atoms. The molecule has 0 saturated carbocycles. The predicted octanol–water partition coefficient (Wildman–Crippen LogP) is 1.74. The van der Waals surface area contributed by atoms with Gasteiger partial charge in [0.15, 0.2) is 12.6 Å². The average molecular weight is 875 g/mol. The summed E-state index contributed by atoms with van der Waals surface area (Å²) in [6.07, 6.45) is -6.87. The molecule has 352 valence electrons. The van der Waals surface area contributed by atoms with Crippen LogP contribution in [0.25, 0.3) is 0 Å². The zero-order valence-corrected chi connectivity index (χ0v) is 38.1. The second-order valence-corrected chi connectivity index (χ2v) is 18.0. The van der Waals surface area contributed by atoms with Gasteiger partial charge in [0.2, 0.25) is 0 Å². The van der Waals surface area contributed by atoms with Crippen LogP contribution in [-0.2, 0) is 38.0 Å². The number of carboxylic acids is 1. The second kappa shape index (κ2) is 22.3. The number of methoxy groups -OCH3 is 1. The minimum absolute atomic E-state index is 0. The normalized spacial score (nSPS) is 42.9. The van der Waals surface area contributed by atoms with E-state index in [0.717, 1.165) is 0 Å².